The zero-order valence-electron chi connectivity index (χ0n) is 9.38. The van der Waals surface area contributed by atoms with Gasteiger partial charge < -0.3 is 10.1 Å². The van der Waals surface area contributed by atoms with Gasteiger partial charge in [0.25, 0.3) is 0 Å². The van der Waals surface area contributed by atoms with Crippen LogP contribution in [0.2, 0.25) is 0 Å². The van der Waals surface area contributed by atoms with Crippen molar-refractivity contribution in [1.82, 2.24) is 5.32 Å². The number of nitrogens with zero attached hydrogens (tertiary/aromatic N) is 1. The smallest absolute Gasteiger partial charge is 0.237 e. The Kier molecular flexibility index (Phi) is 4.10. The number of nitriles is 1. The fourth-order valence-corrected chi connectivity index (χ4v) is 1.67. The highest BCUT2D eigenvalue weighted by Gasteiger charge is 2.30. The molecule has 0 aliphatic carbocycles. The van der Waals surface area contributed by atoms with Crippen LogP contribution in [0.1, 0.15) is 33.1 Å². The Morgan fingerprint density at radius 1 is 1.60 bits per heavy atom. The topological polar surface area (TPSA) is 62.1 Å². The van der Waals surface area contributed by atoms with Crippen molar-refractivity contribution in [2.75, 3.05) is 13.2 Å². The molecule has 15 heavy (non-hydrogen) atoms. The predicted octanol–water partition coefficient (Wildman–Crippen LogP) is 1.22. The molecule has 1 heterocycles. The zero-order valence-corrected chi connectivity index (χ0v) is 9.38. The largest absolute Gasteiger partial charge is 0.381 e. The lowest BCUT2D eigenvalue weighted by Gasteiger charge is -2.34. The molecule has 4 nitrogen and oxygen atoms in total. The summed E-state index contributed by atoms with van der Waals surface area (Å²) in [5.74, 6) is -0.672. The average molecular weight is 210 g/mol. The average Bonchev–Trinajstić information content (AvgIpc) is 2.19. The molecule has 0 aromatic carbocycles. The summed E-state index contributed by atoms with van der Waals surface area (Å²) in [7, 11) is 0. The van der Waals surface area contributed by atoms with Gasteiger partial charge in [0.15, 0.2) is 0 Å². The van der Waals surface area contributed by atoms with E-state index in [0.717, 1.165) is 12.8 Å². The molecule has 0 bridgehead atoms. The van der Waals surface area contributed by atoms with E-state index in [4.69, 9.17) is 10.00 Å². The summed E-state index contributed by atoms with van der Waals surface area (Å²) in [4.78, 5) is 11.7. The third-order valence-electron chi connectivity index (χ3n) is 2.90. The van der Waals surface area contributed by atoms with Crippen LogP contribution in [0.4, 0.5) is 0 Å². The molecule has 1 fully saturated rings. The van der Waals surface area contributed by atoms with Gasteiger partial charge >= 0.3 is 0 Å². The second-order valence-electron chi connectivity index (χ2n) is 4.25. The number of nitrogens with one attached hydrogen (secondary N) is 1. The summed E-state index contributed by atoms with van der Waals surface area (Å²) in [6, 6.07) is 2.02. The Morgan fingerprint density at radius 3 is 2.67 bits per heavy atom. The van der Waals surface area contributed by atoms with Gasteiger partial charge in [-0.25, -0.2) is 0 Å². The van der Waals surface area contributed by atoms with Crippen LogP contribution in [-0.2, 0) is 9.53 Å². The van der Waals surface area contributed by atoms with Gasteiger partial charge in [0.1, 0.15) is 5.92 Å². The highest BCUT2D eigenvalue weighted by Crippen LogP contribution is 2.20. The van der Waals surface area contributed by atoms with E-state index >= 15 is 0 Å². The van der Waals surface area contributed by atoms with Crippen molar-refractivity contribution in [3.8, 4) is 6.07 Å². The second-order valence-corrected chi connectivity index (χ2v) is 4.25. The molecule has 0 aromatic heterocycles. The normalized spacial score (nSPS) is 21.4. The van der Waals surface area contributed by atoms with Crippen LogP contribution in [0.3, 0.4) is 0 Å². The van der Waals surface area contributed by atoms with E-state index in [-0.39, 0.29) is 11.4 Å². The number of ether oxygens (including phenoxy) is 1. The second kappa shape index (κ2) is 5.13. The molecule has 4 heteroatoms. The molecule has 1 saturated heterocycles. The van der Waals surface area contributed by atoms with E-state index in [2.05, 4.69) is 5.32 Å². The molecular formula is C11H18N2O2. The zero-order chi connectivity index (χ0) is 11.3. The van der Waals surface area contributed by atoms with Crippen molar-refractivity contribution in [2.45, 2.75) is 38.6 Å². The summed E-state index contributed by atoms with van der Waals surface area (Å²) in [6.45, 7) is 5.22. The first-order valence-electron chi connectivity index (χ1n) is 5.40. The molecule has 0 spiro atoms. The van der Waals surface area contributed by atoms with Gasteiger partial charge in [0.05, 0.1) is 6.07 Å². The molecule has 0 saturated carbocycles. The lowest BCUT2D eigenvalue weighted by atomic mass is 9.91. The lowest BCUT2D eigenvalue weighted by Crippen LogP contribution is -2.51. The minimum Gasteiger partial charge on any atom is -0.381 e. The minimum absolute atomic E-state index is 0.149. The van der Waals surface area contributed by atoms with E-state index in [1.807, 2.05) is 19.9 Å². The van der Waals surface area contributed by atoms with Crippen LogP contribution in [0, 0.1) is 17.2 Å². The van der Waals surface area contributed by atoms with E-state index in [9.17, 15) is 4.79 Å². The maximum atomic E-state index is 11.7. The van der Waals surface area contributed by atoms with Crippen LogP contribution in [0.25, 0.3) is 0 Å². The van der Waals surface area contributed by atoms with Crippen molar-refractivity contribution in [1.29, 1.82) is 5.26 Å². The first-order valence-corrected chi connectivity index (χ1v) is 5.40. The van der Waals surface area contributed by atoms with Gasteiger partial charge in [-0.3, -0.25) is 4.79 Å². The predicted molar refractivity (Wildman–Crippen MR) is 56.0 cm³/mol. The Morgan fingerprint density at radius 2 is 2.20 bits per heavy atom. The highest BCUT2D eigenvalue weighted by molar-refractivity contribution is 5.81. The van der Waals surface area contributed by atoms with E-state index in [0.29, 0.717) is 19.6 Å². The Bertz CT molecular complexity index is 264. The van der Waals surface area contributed by atoms with E-state index in [1.165, 1.54) is 0 Å². The molecule has 0 radical (unpaired) electrons. The number of carbonyl (C=O) groups excluding carboxylic acids is 1. The molecular weight excluding hydrogens is 192 g/mol. The van der Waals surface area contributed by atoms with Crippen LogP contribution in [0.5, 0.6) is 0 Å². The first kappa shape index (κ1) is 12.0. The van der Waals surface area contributed by atoms with Crippen molar-refractivity contribution < 1.29 is 9.53 Å². The van der Waals surface area contributed by atoms with Crippen molar-refractivity contribution in [2.24, 2.45) is 5.92 Å². The highest BCUT2D eigenvalue weighted by atomic mass is 16.5. The molecule has 1 amide bonds. The van der Waals surface area contributed by atoms with Gasteiger partial charge in [-0.05, 0) is 26.2 Å². The number of rotatable bonds is 3. The van der Waals surface area contributed by atoms with Gasteiger partial charge in [0.2, 0.25) is 5.91 Å². The summed E-state index contributed by atoms with van der Waals surface area (Å²) < 4.78 is 5.24. The van der Waals surface area contributed by atoms with Crippen LogP contribution >= 0.6 is 0 Å². The number of amides is 1. The van der Waals surface area contributed by atoms with Crippen LogP contribution in [-0.4, -0.2) is 24.7 Å². The fraction of sp³-hybridized carbons (Fsp3) is 0.818. The summed E-state index contributed by atoms with van der Waals surface area (Å²) in [5.41, 5.74) is -0.195. The molecule has 1 unspecified atom stereocenters. The van der Waals surface area contributed by atoms with Gasteiger partial charge in [-0.2, -0.15) is 5.26 Å². The molecule has 1 rings (SSSR count). The van der Waals surface area contributed by atoms with E-state index < -0.39 is 5.92 Å². The van der Waals surface area contributed by atoms with Gasteiger partial charge in [0, 0.05) is 18.8 Å². The molecule has 1 N–H and O–H groups in total. The summed E-state index contributed by atoms with van der Waals surface area (Å²) >= 11 is 0. The molecule has 1 aliphatic rings. The van der Waals surface area contributed by atoms with Crippen molar-refractivity contribution >= 4 is 5.91 Å². The Labute approximate surface area is 90.6 Å². The molecule has 84 valence electrons. The van der Waals surface area contributed by atoms with Crippen molar-refractivity contribution in [3.63, 3.8) is 0 Å². The number of hydrogen-bond acceptors (Lipinski definition) is 3. The monoisotopic (exact) mass is 210 g/mol. The maximum Gasteiger partial charge on any atom is 0.237 e. The van der Waals surface area contributed by atoms with Crippen LogP contribution < -0.4 is 5.32 Å². The first-order chi connectivity index (χ1) is 7.11. The maximum absolute atomic E-state index is 11.7. The molecule has 1 aliphatic heterocycles. The lowest BCUT2D eigenvalue weighted by molar-refractivity contribution is -0.126. The SMILES string of the molecule is CCC(C#N)C(=O)NC1(C)CCOCC1. The Hall–Kier alpha value is -1.08. The fourth-order valence-electron chi connectivity index (χ4n) is 1.67. The van der Waals surface area contributed by atoms with Gasteiger partial charge in [-0.1, -0.05) is 6.92 Å². The molecule has 1 atom stereocenters. The number of carbonyl (C=O) groups is 1. The van der Waals surface area contributed by atoms with Gasteiger partial charge in [-0.15, -0.1) is 0 Å². The third-order valence-corrected chi connectivity index (χ3v) is 2.90. The quantitative estimate of drug-likeness (QED) is 0.761. The third kappa shape index (κ3) is 3.21. The summed E-state index contributed by atoms with van der Waals surface area (Å²) in [6.07, 6.45) is 2.20. The Balaban J connectivity index is 2.52. The summed E-state index contributed by atoms with van der Waals surface area (Å²) in [5, 5.41) is 11.7. The number of hydrogen-bond donors (Lipinski definition) is 1. The standard InChI is InChI=1S/C11H18N2O2/c1-3-9(8-12)10(14)13-11(2)4-6-15-7-5-11/h9H,3-7H2,1-2H3,(H,13,14). The van der Waals surface area contributed by atoms with Crippen LogP contribution in [0.15, 0.2) is 0 Å². The minimum atomic E-state index is -0.523. The molecule has 0 aromatic rings. The van der Waals surface area contributed by atoms with Crippen molar-refractivity contribution in [3.05, 3.63) is 0 Å². The van der Waals surface area contributed by atoms with E-state index in [1.54, 1.807) is 0 Å².